The van der Waals surface area contributed by atoms with Gasteiger partial charge in [-0.05, 0) is 25.1 Å². The van der Waals surface area contributed by atoms with E-state index >= 15 is 0 Å². The Kier molecular flexibility index (Phi) is 3.27. The SMILES string of the molecule is Cc1cc(CCNC(=O)c2ccco2)nn1C. The van der Waals surface area contributed by atoms with E-state index in [1.165, 1.54) is 6.26 Å². The molecule has 0 saturated heterocycles. The van der Waals surface area contributed by atoms with Crippen molar-refractivity contribution < 1.29 is 9.21 Å². The van der Waals surface area contributed by atoms with Crippen LogP contribution < -0.4 is 5.32 Å². The molecule has 0 fully saturated rings. The Bertz CT molecular complexity index is 480. The molecule has 2 heterocycles. The lowest BCUT2D eigenvalue weighted by atomic mass is 10.3. The second kappa shape index (κ2) is 4.86. The molecule has 0 bridgehead atoms. The van der Waals surface area contributed by atoms with Crippen LogP contribution in [0, 0.1) is 6.92 Å². The summed E-state index contributed by atoms with van der Waals surface area (Å²) in [5.74, 6) is 0.143. The molecule has 1 N–H and O–H groups in total. The molecule has 90 valence electrons. The molecule has 2 aromatic rings. The Hall–Kier alpha value is -2.04. The van der Waals surface area contributed by atoms with Gasteiger partial charge in [0.15, 0.2) is 5.76 Å². The number of hydrogen-bond donors (Lipinski definition) is 1. The lowest BCUT2D eigenvalue weighted by Crippen LogP contribution is -2.25. The van der Waals surface area contributed by atoms with Crippen molar-refractivity contribution in [2.45, 2.75) is 13.3 Å². The van der Waals surface area contributed by atoms with E-state index in [1.54, 1.807) is 12.1 Å². The molecule has 0 unspecified atom stereocenters. The lowest BCUT2D eigenvalue weighted by Gasteiger charge is -2.00. The number of nitrogens with zero attached hydrogens (tertiary/aromatic N) is 2. The van der Waals surface area contributed by atoms with Gasteiger partial charge in [-0.2, -0.15) is 5.10 Å². The molecule has 17 heavy (non-hydrogen) atoms. The smallest absolute Gasteiger partial charge is 0.286 e. The standard InChI is InChI=1S/C12H15N3O2/c1-9-8-10(14-15(9)2)5-6-13-12(16)11-4-3-7-17-11/h3-4,7-8H,5-6H2,1-2H3,(H,13,16). The molecule has 5 nitrogen and oxygen atoms in total. The Morgan fingerprint density at radius 1 is 1.59 bits per heavy atom. The Morgan fingerprint density at radius 3 is 3.00 bits per heavy atom. The molecule has 0 aromatic carbocycles. The monoisotopic (exact) mass is 233 g/mol. The lowest BCUT2D eigenvalue weighted by molar-refractivity contribution is 0.0926. The molecular weight excluding hydrogens is 218 g/mol. The minimum atomic E-state index is -0.192. The minimum absolute atomic E-state index is 0.192. The summed E-state index contributed by atoms with van der Waals surface area (Å²) in [4.78, 5) is 11.5. The maximum Gasteiger partial charge on any atom is 0.286 e. The fraction of sp³-hybridized carbons (Fsp3) is 0.333. The molecule has 0 aliphatic carbocycles. The van der Waals surface area contributed by atoms with Crippen LogP contribution in [-0.2, 0) is 13.5 Å². The van der Waals surface area contributed by atoms with E-state index in [-0.39, 0.29) is 5.91 Å². The predicted octanol–water partition coefficient (Wildman–Crippen LogP) is 1.29. The third-order valence-corrected chi connectivity index (χ3v) is 2.58. The number of carbonyl (C=O) groups excluding carboxylic acids is 1. The fourth-order valence-corrected chi connectivity index (χ4v) is 1.56. The highest BCUT2D eigenvalue weighted by Crippen LogP contribution is 2.02. The summed E-state index contributed by atoms with van der Waals surface area (Å²) in [7, 11) is 1.90. The Labute approximate surface area is 99.4 Å². The summed E-state index contributed by atoms with van der Waals surface area (Å²) < 4.78 is 6.81. The van der Waals surface area contributed by atoms with Crippen molar-refractivity contribution in [3.8, 4) is 0 Å². The highest BCUT2D eigenvalue weighted by Gasteiger charge is 2.07. The van der Waals surface area contributed by atoms with Gasteiger partial charge in [0, 0.05) is 25.7 Å². The van der Waals surface area contributed by atoms with Crippen LogP contribution in [0.4, 0.5) is 0 Å². The second-order valence-electron chi connectivity index (χ2n) is 3.88. The zero-order valence-corrected chi connectivity index (χ0v) is 9.93. The zero-order valence-electron chi connectivity index (χ0n) is 9.93. The quantitative estimate of drug-likeness (QED) is 0.865. The molecular formula is C12H15N3O2. The van der Waals surface area contributed by atoms with Crippen LogP contribution in [0.2, 0.25) is 0 Å². The highest BCUT2D eigenvalue weighted by atomic mass is 16.3. The van der Waals surface area contributed by atoms with Gasteiger partial charge in [-0.1, -0.05) is 0 Å². The van der Waals surface area contributed by atoms with Gasteiger partial charge in [-0.25, -0.2) is 0 Å². The van der Waals surface area contributed by atoms with Gasteiger partial charge in [-0.3, -0.25) is 9.48 Å². The second-order valence-corrected chi connectivity index (χ2v) is 3.88. The van der Waals surface area contributed by atoms with Gasteiger partial charge in [0.2, 0.25) is 0 Å². The molecule has 0 atom stereocenters. The van der Waals surface area contributed by atoms with Crippen molar-refractivity contribution in [2.24, 2.45) is 7.05 Å². The summed E-state index contributed by atoms with van der Waals surface area (Å²) in [5.41, 5.74) is 2.09. The average Bonchev–Trinajstić information content (AvgIpc) is 2.90. The number of amides is 1. The zero-order chi connectivity index (χ0) is 12.3. The van der Waals surface area contributed by atoms with Crippen molar-refractivity contribution in [1.29, 1.82) is 0 Å². The van der Waals surface area contributed by atoms with E-state index in [1.807, 2.05) is 24.7 Å². The first-order valence-electron chi connectivity index (χ1n) is 5.48. The fourth-order valence-electron chi connectivity index (χ4n) is 1.56. The van der Waals surface area contributed by atoms with Gasteiger partial charge < -0.3 is 9.73 Å². The topological polar surface area (TPSA) is 60.1 Å². The molecule has 2 rings (SSSR count). The molecule has 0 spiro atoms. The van der Waals surface area contributed by atoms with E-state index in [0.29, 0.717) is 18.7 Å². The van der Waals surface area contributed by atoms with Crippen LogP contribution in [0.3, 0.4) is 0 Å². The minimum Gasteiger partial charge on any atom is -0.459 e. The number of hydrogen-bond acceptors (Lipinski definition) is 3. The van der Waals surface area contributed by atoms with Crippen molar-refractivity contribution in [3.63, 3.8) is 0 Å². The van der Waals surface area contributed by atoms with E-state index in [0.717, 1.165) is 11.4 Å². The number of aryl methyl sites for hydroxylation is 2. The predicted molar refractivity (Wildman–Crippen MR) is 62.7 cm³/mol. The number of rotatable bonds is 4. The van der Waals surface area contributed by atoms with Gasteiger partial charge in [0.25, 0.3) is 5.91 Å². The van der Waals surface area contributed by atoms with Crippen LogP contribution in [0.5, 0.6) is 0 Å². The molecule has 5 heteroatoms. The molecule has 0 aliphatic rings. The molecule has 2 aromatic heterocycles. The van der Waals surface area contributed by atoms with Crippen LogP contribution in [-0.4, -0.2) is 22.2 Å². The summed E-state index contributed by atoms with van der Waals surface area (Å²) in [6, 6.07) is 5.34. The van der Waals surface area contributed by atoms with Gasteiger partial charge >= 0.3 is 0 Å². The van der Waals surface area contributed by atoms with Crippen LogP contribution in [0.15, 0.2) is 28.9 Å². The molecule has 0 saturated carbocycles. The maximum atomic E-state index is 11.5. The molecule has 0 radical (unpaired) electrons. The Balaban J connectivity index is 1.82. The number of nitrogens with one attached hydrogen (secondary N) is 1. The third-order valence-electron chi connectivity index (χ3n) is 2.58. The number of furan rings is 1. The molecule has 0 aliphatic heterocycles. The first-order chi connectivity index (χ1) is 8.16. The van der Waals surface area contributed by atoms with Crippen molar-refractivity contribution >= 4 is 5.91 Å². The van der Waals surface area contributed by atoms with Gasteiger partial charge in [0.05, 0.1) is 12.0 Å². The van der Waals surface area contributed by atoms with Crippen molar-refractivity contribution in [1.82, 2.24) is 15.1 Å². The van der Waals surface area contributed by atoms with Gasteiger partial charge in [-0.15, -0.1) is 0 Å². The number of carbonyl (C=O) groups is 1. The Morgan fingerprint density at radius 2 is 2.41 bits per heavy atom. The van der Waals surface area contributed by atoms with Crippen molar-refractivity contribution in [3.05, 3.63) is 41.6 Å². The maximum absolute atomic E-state index is 11.5. The van der Waals surface area contributed by atoms with Crippen LogP contribution in [0.25, 0.3) is 0 Å². The molecule has 1 amide bonds. The van der Waals surface area contributed by atoms with Crippen LogP contribution >= 0.6 is 0 Å². The van der Waals surface area contributed by atoms with E-state index < -0.39 is 0 Å². The summed E-state index contributed by atoms with van der Waals surface area (Å²) in [6.07, 6.45) is 2.20. The normalized spacial score (nSPS) is 10.5. The largest absolute Gasteiger partial charge is 0.459 e. The first-order valence-corrected chi connectivity index (χ1v) is 5.48. The highest BCUT2D eigenvalue weighted by molar-refractivity contribution is 5.91. The van der Waals surface area contributed by atoms with Crippen LogP contribution in [0.1, 0.15) is 21.9 Å². The summed E-state index contributed by atoms with van der Waals surface area (Å²) in [6.45, 7) is 2.55. The van der Waals surface area contributed by atoms with E-state index in [4.69, 9.17) is 4.42 Å². The summed E-state index contributed by atoms with van der Waals surface area (Å²) >= 11 is 0. The third kappa shape index (κ3) is 2.75. The first kappa shape index (κ1) is 11.4. The summed E-state index contributed by atoms with van der Waals surface area (Å²) in [5, 5.41) is 7.09. The van der Waals surface area contributed by atoms with Crippen molar-refractivity contribution in [2.75, 3.05) is 6.54 Å². The van der Waals surface area contributed by atoms with E-state index in [2.05, 4.69) is 10.4 Å². The number of aromatic nitrogens is 2. The average molecular weight is 233 g/mol. The van der Waals surface area contributed by atoms with Gasteiger partial charge in [0.1, 0.15) is 0 Å². The van der Waals surface area contributed by atoms with E-state index in [9.17, 15) is 4.79 Å².